The number of benzene rings is 1. The Kier molecular flexibility index (Phi) is 11.6. The van der Waals surface area contributed by atoms with Crippen LogP contribution in [0.25, 0.3) is 0 Å². The molecule has 1 fully saturated rings. The van der Waals surface area contributed by atoms with Crippen LogP contribution in [0, 0.1) is 5.92 Å². The number of pyridine rings is 1. The minimum Gasteiger partial charge on any atom is -0.350 e. The van der Waals surface area contributed by atoms with Crippen LogP contribution < -0.4 is 21.3 Å². The summed E-state index contributed by atoms with van der Waals surface area (Å²) in [5.74, 6) is -1.44. The summed E-state index contributed by atoms with van der Waals surface area (Å²) < 4.78 is 0. The first-order chi connectivity index (χ1) is 19.1. The molecule has 40 heavy (non-hydrogen) atoms. The molecule has 0 spiro atoms. The first-order valence-electron chi connectivity index (χ1n) is 14.0. The van der Waals surface area contributed by atoms with Crippen molar-refractivity contribution >= 4 is 23.6 Å². The number of amides is 4. The highest BCUT2D eigenvalue weighted by Crippen LogP contribution is 2.10. The van der Waals surface area contributed by atoms with Crippen molar-refractivity contribution in [1.29, 1.82) is 0 Å². The van der Waals surface area contributed by atoms with Gasteiger partial charge in [0.1, 0.15) is 18.1 Å². The van der Waals surface area contributed by atoms with E-state index in [2.05, 4.69) is 26.3 Å². The van der Waals surface area contributed by atoms with E-state index in [0.29, 0.717) is 32.4 Å². The maximum Gasteiger partial charge on any atom is 0.243 e. The van der Waals surface area contributed by atoms with Gasteiger partial charge in [-0.3, -0.25) is 29.1 Å². The molecule has 1 aromatic carbocycles. The highest BCUT2D eigenvalue weighted by Gasteiger charge is 2.31. The molecule has 1 aliphatic heterocycles. The third-order valence-electron chi connectivity index (χ3n) is 6.82. The van der Waals surface area contributed by atoms with Crippen molar-refractivity contribution in [2.75, 3.05) is 13.1 Å². The largest absolute Gasteiger partial charge is 0.350 e. The van der Waals surface area contributed by atoms with Gasteiger partial charge in [-0.2, -0.15) is 0 Å². The van der Waals surface area contributed by atoms with Crippen molar-refractivity contribution in [1.82, 2.24) is 31.2 Å². The fraction of sp³-hybridized carbons (Fsp3) is 0.500. The molecule has 3 rings (SSSR count). The lowest BCUT2D eigenvalue weighted by Crippen LogP contribution is -2.57. The Bertz CT molecular complexity index is 1130. The second-order valence-corrected chi connectivity index (χ2v) is 10.8. The lowest BCUT2D eigenvalue weighted by molar-refractivity contribution is -0.133. The SMILES string of the molecule is CC[C@H]1CN(Cc2ccccn2)CC(=O)N[C@H](C)C(=O)N[C@@H](CC(C)C)C(=O)N[C@@H](Cc2ccccc2)C(=O)N1. The number of carbonyl (C=O) groups is 4. The number of carbonyl (C=O) groups excluding carboxylic acids is 4. The molecule has 2 heterocycles. The predicted octanol–water partition coefficient (Wildman–Crippen LogP) is 1.56. The molecule has 0 unspecified atom stereocenters. The average Bonchev–Trinajstić information content (AvgIpc) is 2.92. The molecular weight excluding hydrogens is 508 g/mol. The van der Waals surface area contributed by atoms with Gasteiger partial charge in [-0.05, 0) is 43.4 Å². The van der Waals surface area contributed by atoms with Crippen LogP contribution in [-0.2, 0) is 32.1 Å². The van der Waals surface area contributed by atoms with Crippen molar-refractivity contribution in [3.63, 3.8) is 0 Å². The van der Waals surface area contributed by atoms with Crippen molar-refractivity contribution in [2.45, 2.75) is 77.7 Å². The van der Waals surface area contributed by atoms with Crippen molar-refractivity contribution in [3.05, 3.63) is 66.0 Å². The molecule has 10 heteroatoms. The lowest BCUT2D eigenvalue weighted by Gasteiger charge is -2.29. The summed E-state index contributed by atoms with van der Waals surface area (Å²) >= 11 is 0. The van der Waals surface area contributed by atoms with Gasteiger partial charge in [-0.15, -0.1) is 0 Å². The van der Waals surface area contributed by atoms with E-state index >= 15 is 0 Å². The van der Waals surface area contributed by atoms with Crippen molar-refractivity contribution in [2.24, 2.45) is 5.92 Å². The monoisotopic (exact) mass is 550 g/mol. The van der Waals surface area contributed by atoms with Crippen LogP contribution in [0.15, 0.2) is 54.7 Å². The van der Waals surface area contributed by atoms with Gasteiger partial charge in [0, 0.05) is 31.7 Å². The summed E-state index contributed by atoms with van der Waals surface area (Å²) in [5, 5.41) is 11.5. The van der Waals surface area contributed by atoms with E-state index in [0.717, 1.165) is 11.3 Å². The average molecular weight is 551 g/mol. The number of nitrogens with zero attached hydrogens (tertiary/aromatic N) is 2. The van der Waals surface area contributed by atoms with Crippen LogP contribution in [0.4, 0.5) is 0 Å². The minimum atomic E-state index is -0.856. The molecule has 4 amide bonds. The fourth-order valence-electron chi connectivity index (χ4n) is 4.68. The van der Waals surface area contributed by atoms with Crippen LogP contribution in [0.1, 0.15) is 51.8 Å². The quantitative estimate of drug-likeness (QED) is 0.414. The second-order valence-electron chi connectivity index (χ2n) is 10.8. The third-order valence-corrected chi connectivity index (χ3v) is 6.82. The zero-order valence-corrected chi connectivity index (χ0v) is 23.9. The molecule has 1 saturated heterocycles. The number of hydrogen-bond donors (Lipinski definition) is 4. The Balaban J connectivity index is 1.93. The van der Waals surface area contributed by atoms with E-state index in [1.807, 2.05) is 74.2 Å². The minimum absolute atomic E-state index is 0.0145. The maximum absolute atomic E-state index is 13.6. The first-order valence-corrected chi connectivity index (χ1v) is 14.0. The molecular formula is C30H42N6O4. The Labute approximate surface area is 236 Å². The van der Waals surface area contributed by atoms with Gasteiger partial charge in [0.25, 0.3) is 0 Å². The van der Waals surface area contributed by atoms with Gasteiger partial charge in [0.15, 0.2) is 0 Å². The van der Waals surface area contributed by atoms with Gasteiger partial charge in [0.05, 0.1) is 12.2 Å². The van der Waals surface area contributed by atoms with Crippen LogP contribution in [0.5, 0.6) is 0 Å². The molecule has 2 aromatic rings. The fourth-order valence-corrected chi connectivity index (χ4v) is 4.68. The Hall–Kier alpha value is -3.79. The molecule has 0 saturated carbocycles. The standard InChI is InChI=1S/C30H42N6O4/c1-5-23-17-36(18-24-13-9-10-14-31-24)19-27(37)32-21(4)28(38)34-25(15-20(2)3)30(40)35-26(29(39)33-23)16-22-11-7-6-8-12-22/h6-14,20-21,23,25-26H,5,15-19H2,1-4H3,(H,32,37)(H,33,39)(H,34,38)(H,35,40)/t21-,23+,25+,26+/m1/s1. The summed E-state index contributed by atoms with van der Waals surface area (Å²) in [5.41, 5.74) is 1.68. The molecule has 0 radical (unpaired) electrons. The van der Waals surface area contributed by atoms with Crippen LogP contribution >= 0.6 is 0 Å². The summed E-state index contributed by atoms with van der Waals surface area (Å²) in [6, 6.07) is 12.2. The van der Waals surface area contributed by atoms with Gasteiger partial charge in [-0.1, -0.05) is 57.2 Å². The van der Waals surface area contributed by atoms with Crippen LogP contribution in [0.3, 0.4) is 0 Å². The highest BCUT2D eigenvalue weighted by atomic mass is 16.2. The lowest BCUT2D eigenvalue weighted by atomic mass is 10.0. The van der Waals surface area contributed by atoms with E-state index in [4.69, 9.17) is 0 Å². The molecule has 1 aliphatic rings. The Morgan fingerprint density at radius 2 is 1.55 bits per heavy atom. The van der Waals surface area contributed by atoms with Crippen molar-refractivity contribution in [3.8, 4) is 0 Å². The van der Waals surface area contributed by atoms with Crippen LogP contribution in [0.2, 0.25) is 0 Å². The number of aromatic nitrogens is 1. The van der Waals surface area contributed by atoms with Crippen LogP contribution in [-0.4, -0.2) is 70.8 Å². The molecule has 4 N–H and O–H groups in total. The smallest absolute Gasteiger partial charge is 0.243 e. The number of hydrogen-bond acceptors (Lipinski definition) is 6. The highest BCUT2D eigenvalue weighted by molar-refractivity contribution is 5.94. The first kappa shape index (κ1) is 30.7. The van der Waals surface area contributed by atoms with E-state index in [-0.39, 0.29) is 30.3 Å². The van der Waals surface area contributed by atoms with Gasteiger partial charge < -0.3 is 21.3 Å². The van der Waals surface area contributed by atoms with Crippen molar-refractivity contribution < 1.29 is 19.2 Å². The number of nitrogens with one attached hydrogen (secondary N) is 4. The predicted molar refractivity (Wildman–Crippen MR) is 153 cm³/mol. The summed E-state index contributed by atoms with van der Waals surface area (Å²) in [7, 11) is 0. The number of rotatable bonds is 7. The Morgan fingerprint density at radius 3 is 2.20 bits per heavy atom. The Morgan fingerprint density at radius 1 is 0.875 bits per heavy atom. The molecule has 0 aliphatic carbocycles. The van der Waals surface area contributed by atoms with Gasteiger partial charge >= 0.3 is 0 Å². The second kappa shape index (κ2) is 15.1. The summed E-state index contributed by atoms with van der Waals surface area (Å²) in [6.45, 7) is 8.26. The normalized spacial score (nSPS) is 23.8. The molecule has 4 atom stereocenters. The third kappa shape index (κ3) is 9.75. The zero-order chi connectivity index (χ0) is 29.1. The molecule has 1 aromatic heterocycles. The van der Waals surface area contributed by atoms with E-state index in [1.54, 1.807) is 13.1 Å². The van der Waals surface area contributed by atoms with Gasteiger partial charge in [-0.25, -0.2) is 0 Å². The molecule has 216 valence electrons. The van der Waals surface area contributed by atoms with E-state index in [1.165, 1.54) is 0 Å². The summed E-state index contributed by atoms with van der Waals surface area (Å²) in [6.07, 6.45) is 2.99. The molecule has 10 nitrogen and oxygen atoms in total. The topological polar surface area (TPSA) is 133 Å². The van der Waals surface area contributed by atoms with E-state index < -0.39 is 29.9 Å². The molecule has 0 bridgehead atoms. The van der Waals surface area contributed by atoms with Gasteiger partial charge in [0.2, 0.25) is 23.6 Å². The summed E-state index contributed by atoms with van der Waals surface area (Å²) in [4.78, 5) is 59.4. The zero-order valence-electron chi connectivity index (χ0n) is 23.9. The van der Waals surface area contributed by atoms with E-state index in [9.17, 15) is 19.2 Å². The maximum atomic E-state index is 13.6.